The van der Waals surface area contributed by atoms with Crippen LogP contribution in [0.2, 0.25) is 5.15 Å². The van der Waals surface area contributed by atoms with E-state index in [1.807, 2.05) is 13.8 Å². The van der Waals surface area contributed by atoms with E-state index in [1.54, 1.807) is 17.8 Å². The second-order valence-electron chi connectivity index (χ2n) is 5.32. The normalized spacial score (nSPS) is 13.0. The van der Waals surface area contributed by atoms with Crippen molar-refractivity contribution in [2.24, 2.45) is 7.05 Å². The fourth-order valence-corrected chi connectivity index (χ4v) is 3.04. The molecule has 2 aromatic rings. The maximum absolute atomic E-state index is 13.1. The van der Waals surface area contributed by atoms with E-state index in [0.29, 0.717) is 21.6 Å². The highest BCUT2D eigenvalue weighted by Crippen LogP contribution is 2.33. The molecular weight excluding hydrogens is 359 g/mol. The minimum atomic E-state index is -0.787. The first-order valence-electron chi connectivity index (χ1n) is 6.65. The summed E-state index contributed by atoms with van der Waals surface area (Å²) in [6.45, 7) is 4.01. The van der Waals surface area contributed by atoms with Gasteiger partial charge in [0.25, 0.3) is 0 Å². The van der Waals surface area contributed by atoms with Gasteiger partial charge in [-0.15, -0.1) is 0 Å². The standard InChI is InChI=1S/C15H17BrClFN2O/c1-8(2)14-13(15(17)20(3)19-14)12(21)6-9-4-5-10(18)7-11(9)16/h4-5,7-8,12,21H,6H2,1-3H3. The molecule has 1 N–H and O–H groups in total. The molecule has 0 aliphatic carbocycles. The molecule has 1 heterocycles. The van der Waals surface area contributed by atoms with Gasteiger partial charge < -0.3 is 5.11 Å². The number of hydrogen-bond acceptors (Lipinski definition) is 2. The lowest BCUT2D eigenvalue weighted by Crippen LogP contribution is -2.06. The van der Waals surface area contributed by atoms with E-state index in [2.05, 4.69) is 21.0 Å². The lowest BCUT2D eigenvalue weighted by Gasteiger charge is -2.14. The second-order valence-corrected chi connectivity index (χ2v) is 6.54. The smallest absolute Gasteiger partial charge is 0.132 e. The van der Waals surface area contributed by atoms with Crippen molar-refractivity contribution in [1.82, 2.24) is 9.78 Å². The largest absolute Gasteiger partial charge is 0.388 e. The monoisotopic (exact) mass is 374 g/mol. The number of benzene rings is 1. The minimum absolute atomic E-state index is 0.157. The lowest BCUT2D eigenvalue weighted by molar-refractivity contribution is 0.177. The first kappa shape index (κ1) is 16.5. The van der Waals surface area contributed by atoms with Crippen molar-refractivity contribution >= 4 is 27.5 Å². The van der Waals surface area contributed by atoms with Gasteiger partial charge in [-0.3, -0.25) is 4.68 Å². The molecule has 114 valence electrons. The van der Waals surface area contributed by atoms with Gasteiger partial charge in [0.1, 0.15) is 11.0 Å². The molecule has 0 amide bonds. The first-order valence-corrected chi connectivity index (χ1v) is 7.82. The van der Waals surface area contributed by atoms with Crippen molar-refractivity contribution in [3.8, 4) is 0 Å². The van der Waals surface area contributed by atoms with Crippen molar-refractivity contribution in [3.63, 3.8) is 0 Å². The quantitative estimate of drug-likeness (QED) is 0.861. The Bertz CT molecular complexity index is 657. The van der Waals surface area contributed by atoms with Crippen LogP contribution in [0, 0.1) is 5.82 Å². The van der Waals surface area contributed by atoms with Crippen molar-refractivity contribution < 1.29 is 9.50 Å². The van der Waals surface area contributed by atoms with Crippen LogP contribution in [-0.2, 0) is 13.5 Å². The molecule has 21 heavy (non-hydrogen) atoms. The number of hydrogen-bond donors (Lipinski definition) is 1. The first-order chi connectivity index (χ1) is 9.81. The fourth-order valence-electron chi connectivity index (χ4n) is 2.27. The highest BCUT2D eigenvalue weighted by Gasteiger charge is 2.24. The summed E-state index contributed by atoms with van der Waals surface area (Å²) in [6.07, 6.45) is -0.447. The van der Waals surface area contributed by atoms with Crippen LogP contribution in [0.15, 0.2) is 22.7 Å². The Labute approximate surface area is 136 Å². The van der Waals surface area contributed by atoms with Crippen LogP contribution in [0.4, 0.5) is 4.39 Å². The number of aromatic nitrogens is 2. The van der Waals surface area contributed by atoms with Crippen LogP contribution >= 0.6 is 27.5 Å². The molecule has 6 heteroatoms. The topological polar surface area (TPSA) is 38.0 Å². The van der Waals surface area contributed by atoms with E-state index in [4.69, 9.17) is 11.6 Å². The van der Waals surface area contributed by atoms with Gasteiger partial charge in [-0.2, -0.15) is 5.10 Å². The molecule has 0 saturated carbocycles. The third kappa shape index (κ3) is 3.47. The number of aliphatic hydroxyl groups is 1. The third-order valence-corrected chi connectivity index (χ3v) is 4.53. The van der Waals surface area contributed by atoms with Crippen LogP contribution in [0.1, 0.15) is 42.7 Å². The van der Waals surface area contributed by atoms with Crippen LogP contribution in [-0.4, -0.2) is 14.9 Å². The summed E-state index contributed by atoms with van der Waals surface area (Å²) in [5.74, 6) is -0.160. The summed E-state index contributed by atoms with van der Waals surface area (Å²) in [7, 11) is 1.75. The Hall–Kier alpha value is -0.910. The van der Waals surface area contributed by atoms with E-state index in [-0.39, 0.29) is 11.7 Å². The predicted molar refractivity (Wildman–Crippen MR) is 85.1 cm³/mol. The summed E-state index contributed by atoms with van der Waals surface area (Å²) in [6, 6.07) is 4.42. The van der Waals surface area contributed by atoms with E-state index >= 15 is 0 Å². The third-order valence-electron chi connectivity index (χ3n) is 3.35. The highest BCUT2D eigenvalue weighted by atomic mass is 79.9. The zero-order chi connectivity index (χ0) is 15.7. The molecule has 0 spiro atoms. The lowest BCUT2D eigenvalue weighted by atomic mass is 9.97. The maximum atomic E-state index is 13.1. The molecular formula is C15H17BrClFN2O. The van der Waals surface area contributed by atoms with E-state index < -0.39 is 6.10 Å². The summed E-state index contributed by atoms with van der Waals surface area (Å²) < 4.78 is 15.3. The molecule has 1 aromatic heterocycles. The Morgan fingerprint density at radius 2 is 2.10 bits per heavy atom. The molecule has 0 bridgehead atoms. The molecule has 0 fully saturated rings. The van der Waals surface area contributed by atoms with Crippen LogP contribution in [0.5, 0.6) is 0 Å². The predicted octanol–water partition coefficient (Wildman–Crippen LogP) is 4.37. The molecule has 0 radical (unpaired) electrons. The SMILES string of the molecule is CC(C)c1nn(C)c(Cl)c1C(O)Cc1ccc(F)cc1Br. The van der Waals surface area contributed by atoms with Crippen molar-refractivity contribution in [2.45, 2.75) is 32.3 Å². The number of aliphatic hydroxyl groups excluding tert-OH is 1. The average Bonchev–Trinajstić information content (AvgIpc) is 2.69. The molecule has 1 unspecified atom stereocenters. The van der Waals surface area contributed by atoms with Crippen molar-refractivity contribution in [1.29, 1.82) is 0 Å². The zero-order valence-corrected chi connectivity index (χ0v) is 14.4. The Balaban J connectivity index is 2.34. The molecule has 1 atom stereocenters. The van der Waals surface area contributed by atoms with Gasteiger partial charge in [-0.05, 0) is 23.6 Å². The Morgan fingerprint density at radius 3 is 2.67 bits per heavy atom. The number of aryl methyl sites for hydroxylation is 1. The van der Waals surface area contributed by atoms with Gasteiger partial charge in [-0.25, -0.2) is 4.39 Å². The molecule has 0 aliphatic rings. The zero-order valence-electron chi connectivity index (χ0n) is 12.1. The van der Waals surface area contributed by atoms with Crippen LogP contribution < -0.4 is 0 Å². The van der Waals surface area contributed by atoms with Crippen LogP contribution in [0.3, 0.4) is 0 Å². The fraction of sp³-hybridized carbons (Fsp3) is 0.400. The molecule has 3 nitrogen and oxygen atoms in total. The second kappa shape index (κ2) is 6.46. The van der Waals surface area contributed by atoms with Gasteiger partial charge in [-0.1, -0.05) is 47.4 Å². The average molecular weight is 376 g/mol. The Morgan fingerprint density at radius 1 is 1.43 bits per heavy atom. The summed E-state index contributed by atoms with van der Waals surface area (Å²) >= 11 is 9.57. The molecule has 0 aliphatic heterocycles. The minimum Gasteiger partial charge on any atom is -0.388 e. The highest BCUT2D eigenvalue weighted by molar-refractivity contribution is 9.10. The molecule has 2 rings (SSSR count). The van der Waals surface area contributed by atoms with E-state index in [1.165, 1.54) is 12.1 Å². The maximum Gasteiger partial charge on any atom is 0.132 e. The van der Waals surface area contributed by atoms with Gasteiger partial charge in [0, 0.05) is 23.5 Å². The van der Waals surface area contributed by atoms with E-state index in [0.717, 1.165) is 11.3 Å². The summed E-state index contributed by atoms with van der Waals surface area (Å²) in [5, 5.41) is 15.3. The molecule has 0 saturated heterocycles. The number of rotatable bonds is 4. The van der Waals surface area contributed by atoms with Gasteiger partial charge in [0.2, 0.25) is 0 Å². The number of halogens is 3. The Kier molecular flexibility index (Phi) is 5.07. The van der Waals surface area contributed by atoms with Crippen molar-refractivity contribution in [2.75, 3.05) is 0 Å². The summed E-state index contributed by atoms with van der Waals surface area (Å²) in [4.78, 5) is 0. The number of nitrogens with zero attached hydrogens (tertiary/aromatic N) is 2. The van der Waals surface area contributed by atoms with E-state index in [9.17, 15) is 9.50 Å². The van der Waals surface area contributed by atoms with Crippen molar-refractivity contribution in [3.05, 3.63) is 50.5 Å². The van der Waals surface area contributed by atoms with Gasteiger partial charge in [0.15, 0.2) is 0 Å². The van der Waals surface area contributed by atoms with Gasteiger partial charge >= 0.3 is 0 Å². The molecule has 1 aromatic carbocycles. The van der Waals surface area contributed by atoms with Gasteiger partial charge in [0.05, 0.1) is 11.8 Å². The van der Waals surface area contributed by atoms with Crippen LogP contribution in [0.25, 0.3) is 0 Å². The summed E-state index contributed by atoms with van der Waals surface area (Å²) in [5.41, 5.74) is 2.25.